The first-order valence-corrected chi connectivity index (χ1v) is 6.04. The topological polar surface area (TPSA) is 0 Å². The number of rotatable bonds is 2. The van der Waals surface area contributed by atoms with Crippen molar-refractivity contribution in [2.75, 3.05) is 0 Å². The first-order chi connectivity index (χ1) is 7.70. The van der Waals surface area contributed by atoms with Crippen molar-refractivity contribution < 1.29 is 4.39 Å². The van der Waals surface area contributed by atoms with Gasteiger partial charge in [-0.15, -0.1) is 0 Å². The second kappa shape index (κ2) is 4.79. The molecule has 0 nitrogen and oxygen atoms in total. The van der Waals surface area contributed by atoms with E-state index in [4.69, 9.17) is 0 Å². The Balaban J connectivity index is 2.38. The summed E-state index contributed by atoms with van der Waals surface area (Å²) in [5.41, 5.74) is 3.24. The second-order valence-corrected chi connectivity index (χ2v) is 4.53. The zero-order valence-corrected chi connectivity index (χ0v) is 10.6. The van der Waals surface area contributed by atoms with Crippen LogP contribution >= 0.6 is 15.9 Å². The van der Waals surface area contributed by atoms with Gasteiger partial charge in [-0.1, -0.05) is 37.3 Å². The quantitative estimate of drug-likeness (QED) is 0.739. The molecular weight excluding hydrogens is 267 g/mol. The van der Waals surface area contributed by atoms with Crippen LogP contribution < -0.4 is 0 Å². The third-order valence-corrected chi connectivity index (χ3v) is 3.26. The van der Waals surface area contributed by atoms with E-state index in [1.54, 1.807) is 12.1 Å². The summed E-state index contributed by atoms with van der Waals surface area (Å²) in [5, 5.41) is 0. The van der Waals surface area contributed by atoms with Crippen molar-refractivity contribution in [1.29, 1.82) is 0 Å². The lowest BCUT2D eigenvalue weighted by Crippen LogP contribution is -1.83. The highest BCUT2D eigenvalue weighted by Crippen LogP contribution is 2.24. The van der Waals surface area contributed by atoms with E-state index in [1.807, 2.05) is 18.2 Å². The zero-order chi connectivity index (χ0) is 11.5. The summed E-state index contributed by atoms with van der Waals surface area (Å²) in [6, 6.07) is 13.4. The van der Waals surface area contributed by atoms with Crippen molar-refractivity contribution in [2.24, 2.45) is 0 Å². The molecule has 0 saturated heterocycles. The summed E-state index contributed by atoms with van der Waals surface area (Å²) >= 11 is 3.15. The third kappa shape index (κ3) is 2.33. The normalized spacial score (nSPS) is 10.4. The van der Waals surface area contributed by atoms with Crippen LogP contribution in [0.1, 0.15) is 12.5 Å². The molecule has 0 aliphatic carbocycles. The standard InChI is InChI=1S/C14H12BrF/c1-2-10-3-5-11(6-4-10)12-7-8-13(15)14(16)9-12/h3-9H,2H2,1H3. The van der Waals surface area contributed by atoms with E-state index in [-0.39, 0.29) is 5.82 Å². The van der Waals surface area contributed by atoms with Crippen molar-refractivity contribution in [3.8, 4) is 11.1 Å². The van der Waals surface area contributed by atoms with Crippen molar-refractivity contribution in [3.05, 3.63) is 58.3 Å². The Morgan fingerprint density at radius 3 is 2.19 bits per heavy atom. The Morgan fingerprint density at radius 1 is 1.00 bits per heavy atom. The fraction of sp³-hybridized carbons (Fsp3) is 0.143. The van der Waals surface area contributed by atoms with Crippen LogP contribution in [0.25, 0.3) is 11.1 Å². The predicted octanol–water partition coefficient (Wildman–Crippen LogP) is 4.82. The molecule has 0 fully saturated rings. The molecule has 0 N–H and O–H groups in total. The SMILES string of the molecule is CCc1ccc(-c2ccc(Br)c(F)c2)cc1. The molecule has 0 radical (unpaired) electrons. The second-order valence-electron chi connectivity index (χ2n) is 3.68. The summed E-state index contributed by atoms with van der Waals surface area (Å²) in [6.45, 7) is 2.12. The van der Waals surface area contributed by atoms with Crippen LogP contribution in [-0.2, 0) is 6.42 Å². The Hall–Kier alpha value is -1.15. The molecule has 0 heterocycles. The van der Waals surface area contributed by atoms with Gasteiger partial charge in [0.25, 0.3) is 0 Å². The van der Waals surface area contributed by atoms with Crippen molar-refractivity contribution in [3.63, 3.8) is 0 Å². The van der Waals surface area contributed by atoms with Gasteiger partial charge in [-0.2, -0.15) is 0 Å². The molecule has 0 atom stereocenters. The van der Waals surface area contributed by atoms with E-state index >= 15 is 0 Å². The lowest BCUT2D eigenvalue weighted by atomic mass is 10.0. The van der Waals surface area contributed by atoms with Crippen LogP contribution in [0.4, 0.5) is 4.39 Å². The molecule has 0 unspecified atom stereocenters. The number of aryl methyl sites for hydroxylation is 1. The Morgan fingerprint density at radius 2 is 1.62 bits per heavy atom. The van der Waals surface area contributed by atoms with Gasteiger partial charge in [0.05, 0.1) is 4.47 Å². The minimum atomic E-state index is -0.225. The van der Waals surface area contributed by atoms with Gasteiger partial charge in [0.2, 0.25) is 0 Å². The maximum Gasteiger partial charge on any atom is 0.137 e. The van der Waals surface area contributed by atoms with E-state index in [0.717, 1.165) is 17.5 Å². The number of hydrogen-bond acceptors (Lipinski definition) is 0. The van der Waals surface area contributed by atoms with Crippen LogP contribution in [0, 0.1) is 5.82 Å². The molecule has 0 bridgehead atoms. The van der Waals surface area contributed by atoms with E-state index in [1.165, 1.54) is 5.56 Å². The Bertz CT molecular complexity index is 489. The van der Waals surface area contributed by atoms with Gasteiger partial charge in [-0.05, 0) is 51.2 Å². The molecule has 16 heavy (non-hydrogen) atoms. The van der Waals surface area contributed by atoms with E-state index in [0.29, 0.717) is 4.47 Å². The molecule has 2 aromatic rings. The highest BCUT2D eigenvalue weighted by Gasteiger charge is 2.02. The van der Waals surface area contributed by atoms with Gasteiger partial charge in [0.15, 0.2) is 0 Å². The van der Waals surface area contributed by atoms with E-state index < -0.39 is 0 Å². The first-order valence-electron chi connectivity index (χ1n) is 5.25. The van der Waals surface area contributed by atoms with Crippen LogP contribution in [0.5, 0.6) is 0 Å². The monoisotopic (exact) mass is 278 g/mol. The van der Waals surface area contributed by atoms with Gasteiger partial charge >= 0.3 is 0 Å². The highest BCUT2D eigenvalue weighted by atomic mass is 79.9. The average Bonchev–Trinajstić information content (AvgIpc) is 2.33. The molecule has 0 aliphatic rings. The number of halogens is 2. The van der Waals surface area contributed by atoms with Gasteiger partial charge in [-0.25, -0.2) is 4.39 Å². The lowest BCUT2D eigenvalue weighted by Gasteiger charge is -2.04. The Labute approximate surface area is 103 Å². The number of benzene rings is 2. The molecule has 0 aromatic heterocycles. The van der Waals surface area contributed by atoms with Crippen LogP contribution in [0.2, 0.25) is 0 Å². The number of hydrogen-bond donors (Lipinski definition) is 0. The summed E-state index contributed by atoms with van der Waals surface area (Å²) in [6.07, 6.45) is 1.02. The Kier molecular flexibility index (Phi) is 3.39. The largest absolute Gasteiger partial charge is 0.206 e. The van der Waals surface area contributed by atoms with Crippen LogP contribution in [0.3, 0.4) is 0 Å². The minimum absolute atomic E-state index is 0.225. The molecule has 0 spiro atoms. The van der Waals surface area contributed by atoms with Crippen molar-refractivity contribution in [1.82, 2.24) is 0 Å². The summed E-state index contributed by atoms with van der Waals surface area (Å²) < 4.78 is 13.9. The molecule has 2 rings (SSSR count). The van der Waals surface area contributed by atoms with Gasteiger partial charge < -0.3 is 0 Å². The maximum atomic E-state index is 13.4. The zero-order valence-electron chi connectivity index (χ0n) is 9.00. The lowest BCUT2D eigenvalue weighted by molar-refractivity contribution is 0.621. The van der Waals surface area contributed by atoms with E-state index in [9.17, 15) is 4.39 Å². The summed E-state index contributed by atoms with van der Waals surface area (Å²) in [7, 11) is 0. The van der Waals surface area contributed by atoms with Crippen LogP contribution in [-0.4, -0.2) is 0 Å². The van der Waals surface area contributed by atoms with Gasteiger partial charge in [0.1, 0.15) is 5.82 Å². The summed E-state index contributed by atoms with van der Waals surface area (Å²) in [4.78, 5) is 0. The fourth-order valence-corrected chi connectivity index (χ4v) is 1.86. The minimum Gasteiger partial charge on any atom is -0.206 e. The van der Waals surface area contributed by atoms with Gasteiger partial charge in [0, 0.05) is 0 Å². The smallest absolute Gasteiger partial charge is 0.137 e. The third-order valence-electron chi connectivity index (χ3n) is 2.62. The van der Waals surface area contributed by atoms with Crippen molar-refractivity contribution in [2.45, 2.75) is 13.3 Å². The predicted molar refractivity (Wildman–Crippen MR) is 68.9 cm³/mol. The molecule has 82 valence electrons. The van der Waals surface area contributed by atoms with Crippen LogP contribution in [0.15, 0.2) is 46.9 Å². The molecular formula is C14H12BrF. The highest BCUT2D eigenvalue weighted by molar-refractivity contribution is 9.10. The summed E-state index contributed by atoms with van der Waals surface area (Å²) in [5.74, 6) is -0.225. The maximum absolute atomic E-state index is 13.4. The average molecular weight is 279 g/mol. The molecule has 2 heteroatoms. The van der Waals surface area contributed by atoms with Gasteiger partial charge in [-0.3, -0.25) is 0 Å². The van der Waals surface area contributed by atoms with E-state index in [2.05, 4.69) is 35.0 Å². The molecule has 2 aromatic carbocycles. The molecule has 0 saturated carbocycles. The fourth-order valence-electron chi connectivity index (χ4n) is 1.61. The first kappa shape index (κ1) is 11.3. The molecule has 0 aliphatic heterocycles. The van der Waals surface area contributed by atoms with Crippen molar-refractivity contribution >= 4 is 15.9 Å². The molecule has 0 amide bonds.